The minimum absolute atomic E-state index is 0.124. The molecule has 0 radical (unpaired) electrons. The second-order valence-corrected chi connectivity index (χ2v) is 4.08. The van der Waals surface area contributed by atoms with Crippen molar-refractivity contribution in [3.05, 3.63) is 39.9 Å². The van der Waals surface area contributed by atoms with Gasteiger partial charge in [-0.1, -0.05) is 12.1 Å². The average Bonchev–Trinajstić information content (AvgIpc) is 2.50. The van der Waals surface area contributed by atoms with Crippen LogP contribution in [0.15, 0.2) is 24.3 Å². The van der Waals surface area contributed by atoms with Crippen LogP contribution in [0.1, 0.15) is 30.1 Å². The standard InChI is InChI=1S/C13H15N3O6/c1-2-22-12(18)8-7-11(17)14-15-13(19)9-5-3-4-6-10(9)16(20)21/h3-6H,2,7-8H2,1H3,(H,14,17)(H,15,19). The van der Waals surface area contributed by atoms with Gasteiger partial charge >= 0.3 is 5.97 Å². The fraction of sp³-hybridized carbons (Fsp3) is 0.308. The zero-order valence-corrected chi connectivity index (χ0v) is 11.8. The molecule has 0 bridgehead atoms. The van der Waals surface area contributed by atoms with Gasteiger partial charge in [0.25, 0.3) is 11.6 Å². The summed E-state index contributed by atoms with van der Waals surface area (Å²) in [6.07, 6.45) is -0.295. The van der Waals surface area contributed by atoms with E-state index in [4.69, 9.17) is 0 Å². The van der Waals surface area contributed by atoms with Crippen LogP contribution in [0.2, 0.25) is 0 Å². The molecule has 0 unspecified atom stereocenters. The molecule has 0 aliphatic heterocycles. The summed E-state index contributed by atoms with van der Waals surface area (Å²) in [6.45, 7) is 1.86. The molecule has 0 spiro atoms. The fourth-order valence-corrected chi connectivity index (χ4v) is 1.53. The molecular weight excluding hydrogens is 294 g/mol. The lowest BCUT2D eigenvalue weighted by Crippen LogP contribution is -2.41. The number of nitrogens with zero attached hydrogens (tertiary/aromatic N) is 1. The van der Waals surface area contributed by atoms with Gasteiger partial charge in [0.2, 0.25) is 5.91 Å². The van der Waals surface area contributed by atoms with E-state index in [1.807, 2.05) is 0 Å². The van der Waals surface area contributed by atoms with Gasteiger partial charge in [-0.15, -0.1) is 0 Å². The molecule has 1 rings (SSSR count). The van der Waals surface area contributed by atoms with E-state index in [-0.39, 0.29) is 30.7 Å². The number of nitrogens with one attached hydrogen (secondary N) is 2. The van der Waals surface area contributed by atoms with E-state index in [9.17, 15) is 24.5 Å². The van der Waals surface area contributed by atoms with Gasteiger partial charge in [0.05, 0.1) is 18.0 Å². The van der Waals surface area contributed by atoms with E-state index in [2.05, 4.69) is 15.6 Å². The third kappa shape index (κ3) is 5.19. The van der Waals surface area contributed by atoms with Crippen LogP contribution in [0.5, 0.6) is 0 Å². The minimum atomic E-state index is -0.822. The van der Waals surface area contributed by atoms with E-state index >= 15 is 0 Å². The first-order chi connectivity index (χ1) is 10.5. The SMILES string of the molecule is CCOC(=O)CCC(=O)NNC(=O)c1ccccc1[N+](=O)[O-]. The number of nitro benzene ring substituents is 1. The lowest BCUT2D eigenvalue weighted by Gasteiger charge is -2.07. The summed E-state index contributed by atoms with van der Waals surface area (Å²) in [4.78, 5) is 44.4. The van der Waals surface area contributed by atoms with Gasteiger partial charge in [-0.25, -0.2) is 0 Å². The largest absolute Gasteiger partial charge is 0.466 e. The van der Waals surface area contributed by atoms with Gasteiger partial charge < -0.3 is 4.74 Å². The van der Waals surface area contributed by atoms with Gasteiger partial charge in [0.15, 0.2) is 0 Å². The average molecular weight is 309 g/mol. The number of hydrazine groups is 1. The van der Waals surface area contributed by atoms with E-state index in [0.717, 1.165) is 0 Å². The Morgan fingerprint density at radius 3 is 2.50 bits per heavy atom. The van der Waals surface area contributed by atoms with E-state index in [0.29, 0.717) is 0 Å². The zero-order chi connectivity index (χ0) is 16.5. The number of ether oxygens (including phenoxy) is 1. The Bertz CT molecular complexity index is 587. The number of benzene rings is 1. The monoisotopic (exact) mass is 309 g/mol. The van der Waals surface area contributed by atoms with Gasteiger partial charge in [-0.2, -0.15) is 0 Å². The number of nitro groups is 1. The Labute approximate surface area is 125 Å². The minimum Gasteiger partial charge on any atom is -0.466 e. The maximum absolute atomic E-state index is 11.8. The lowest BCUT2D eigenvalue weighted by atomic mass is 10.2. The van der Waals surface area contributed by atoms with Crippen LogP contribution < -0.4 is 10.9 Å². The first kappa shape index (κ1) is 17.1. The molecule has 9 nitrogen and oxygen atoms in total. The van der Waals surface area contributed by atoms with Gasteiger partial charge in [-0.05, 0) is 13.0 Å². The highest BCUT2D eigenvalue weighted by atomic mass is 16.6. The van der Waals surface area contributed by atoms with Crippen molar-refractivity contribution in [1.82, 2.24) is 10.9 Å². The summed E-state index contributed by atoms with van der Waals surface area (Å²) in [6, 6.07) is 5.33. The molecule has 2 amide bonds. The number of hydrogen-bond acceptors (Lipinski definition) is 6. The zero-order valence-electron chi connectivity index (χ0n) is 11.8. The number of para-hydroxylation sites is 1. The third-order valence-corrected chi connectivity index (χ3v) is 2.52. The highest BCUT2D eigenvalue weighted by Crippen LogP contribution is 2.16. The molecule has 0 saturated heterocycles. The molecule has 0 fully saturated rings. The quantitative estimate of drug-likeness (QED) is 0.452. The van der Waals surface area contributed by atoms with Crippen molar-refractivity contribution in [3.63, 3.8) is 0 Å². The Morgan fingerprint density at radius 1 is 1.18 bits per heavy atom. The molecule has 2 N–H and O–H groups in total. The summed E-state index contributed by atoms with van der Waals surface area (Å²) in [5.74, 6) is -1.96. The first-order valence-electron chi connectivity index (χ1n) is 6.44. The molecule has 0 saturated carbocycles. The topological polar surface area (TPSA) is 128 Å². The van der Waals surface area contributed by atoms with Crippen molar-refractivity contribution in [2.24, 2.45) is 0 Å². The van der Waals surface area contributed by atoms with Crippen molar-refractivity contribution in [3.8, 4) is 0 Å². The Hall–Kier alpha value is -2.97. The van der Waals surface area contributed by atoms with Crippen molar-refractivity contribution in [1.29, 1.82) is 0 Å². The molecule has 0 heterocycles. The lowest BCUT2D eigenvalue weighted by molar-refractivity contribution is -0.385. The van der Waals surface area contributed by atoms with Gasteiger partial charge in [0.1, 0.15) is 5.56 Å². The van der Waals surface area contributed by atoms with Crippen molar-refractivity contribution in [2.45, 2.75) is 19.8 Å². The van der Waals surface area contributed by atoms with Crippen LogP contribution in [0.3, 0.4) is 0 Å². The number of esters is 1. The highest BCUT2D eigenvalue weighted by molar-refractivity contribution is 5.99. The van der Waals surface area contributed by atoms with Crippen LogP contribution in [-0.4, -0.2) is 29.3 Å². The molecule has 0 aliphatic rings. The van der Waals surface area contributed by atoms with E-state index in [1.165, 1.54) is 24.3 Å². The predicted octanol–water partition coefficient (Wildman–Crippen LogP) is 0.699. The molecule has 0 aromatic heterocycles. The van der Waals surface area contributed by atoms with Crippen molar-refractivity contribution < 1.29 is 24.0 Å². The first-order valence-corrected chi connectivity index (χ1v) is 6.44. The normalized spacial score (nSPS) is 9.68. The molecular formula is C13H15N3O6. The maximum Gasteiger partial charge on any atom is 0.306 e. The molecule has 9 heteroatoms. The molecule has 0 aliphatic carbocycles. The van der Waals surface area contributed by atoms with Crippen LogP contribution in [-0.2, 0) is 14.3 Å². The van der Waals surface area contributed by atoms with E-state index < -0.39 is 22.7 Å². The highest BCUT2D eigenvalue weighted by Gasteiger charge is 2.19. The summed E-state index contributed by atoms with van der Waals surface area (Å²) in [5, 5.41) is 10.8. The number of carbonyl (C=O) groups excluding carboxylic acids is 3. The number of rotatable bonds is 6. The Morgan fingerprint density at radius 2 is 1.86 bits per heavy atom. The summed E-state index contributed by atoms with van der Waals surface area (Å²) < 4.78 is 4.65. The van der Waals surface area contributed by atoms with Crippen LogP contribution in [0, 0.1) is 10.1 Å². The summed E-state index contributed by atoms with van der Waals surface area (Å²) >= 11 is 0. The summed E-state index contributed by atoms with van der Waals surface area (Å²) in [7, 11) is 0. The molecule has 0 atom stereocenters. The molecule has 22 heavy (non-hydrogen) atoms. The van der Waals surface area contributed by atoms with Crippen molar-refractivity contribution in [2.75, 3.05) is 6.61 Å². The van der Waals surface area contributed by atoms with Crippen molar-refractivity contribution >= 4 is 23.5 Å². The second-order valence-electron chi connectivity index (χ2n) is 4.08. The van der Waals surface area contributed by atoms with Crippen LogP contribution >= 0.6 is 0 Å². The predicted molar refractivity (Wildman–Crippen MR) is 74.6 cm³/mol. The second kappa shape index (κ2) is 8.35. The Balaban J connectivity index is 2.51. The third-order valence-electron chi connectivity index (χ3n) is 2.52. The molecule has 118 valence electrons. The number of carbonyl (C=O) groups is 3. The number of hydrogen-bond donors (Lipinski definition) is 2. The molecule has 1 aromatic carbocycles. The van der Waals surface area contributed by atoms with Crippen LogP contribution in [0.4, 0.5) is 5.69 Å². The Kier molecular flexibility index (Phi) is 6.48. The number of amides is 2. The van der Waals surface area contributed by atoms with E-state index in [1.54, 1.807) is 6.92 Å². The van der Waals surface area contributed by atoms with Gasteiger partial charge in [0, 0.05) is 12.5 Å². The fourth-order valence-electron chi connectivity index (χ4n) is 1.53. The molecule has 1 aromatic rings. The van der Waals surface area contributed by atoms with Crippen LogP contribution in [0.25, 0.3) is 0 Å². The maximum atomic E-state index is 11.8. The summed E-state index contributed by atoms with van der Waals surface area (Å²) in [5.41, 5.74) is 3.57. The van der Waals surface area contributed by atoms with Gasteiger partial charge in [-0.3, -0.25) is 35.3 Å². The smallest absolute Gasteiger partial charge is 0.306 e.